The number of hydrogen-bond acceptors (Lipinski definition) is 3. The van der Waals surface area contributed by atoms with Crippen LogP contribution in [0.4, 0.5) is 0 Å². The maximum absolute atomic E-state index is 8.75. The molecule has 0 aromatic heterocycles. The lowest BCUT2D eigenvalue weighted by Crippen LogP contribution is -2.26. The summed E-state index contributed by atoms with van der Waals surface area (Å²) in [5.41, 5.74) is 1.23. The molecule has 0 spiro atoms. The van der Waals surface area contributed by atoms with Gasteiger partial charge in [-0.2, -0.15) is 0 Å². The summed E-state index contributed by atoms with van der Waals surface area (Å²) in [5, 5.41) is 11.2. The van der Waals surface area contributed by atoms with Gasteiger partial charge in [0, 0.05) is 6.42 Å². The molecule has 0 fully saturated rings. The summed E-state index contributed by atoms with van der Waals surface area (Å²) >= 11 is 0. The summed E-state index contributed by atoms with van der Waals surface area (Å²) in [6, 6.07) is 12.5. The Bertz CT molecular complexity index is 550. The number of fused-ring (bicyclic) bond motifs is 2. The summed E-state index contributed by atoms with van der Waals surface area (Å²) in [7, 11) is 0. The summed E-state index contributed by atoms with van der Waals surface area (Å²) < 4.78 is 11.2. The van der Waals surface area contributed by atoms with Crippen molar-refractivity contribution in [2.75, 3.05) is 13.2 Å². The predicted molar refractivity (Wildman–Crippen MR) is 69.7 cm³/mol. The molecule has 2 aromatic rings. The number of aliphatic hydroxyl groups excluding tert-OH is 1. The van der Waals surface area contributed by atoms with Crippen LogP contribution in [0.2, 0.25) is 0 Å². The number of hydrogen-bond donors (Lipinski definition) is 1. The molecule has 1 aliphatic heterocycles. The highest BCUT2D eigenvalue weighted by atomic mass is 16.7. The molecule has 0 saturated carbocycles. The van der Waals surface area contributed by atoms with E-state index in [2.05, 4.69) is 24.3 Å². The molecule has 1 unspecified atom stereocenters. The first-order valence-electron chi connectivity index (χ1n) is 6.27. The zero-order valence-electron chi connectivity index (χ0n) is 10.1. The highest BCUT2D eigenvalue weighted by Crippen LogP contribution is 2.32. The molecule has 0 radical (unpaired) electrons. The van der Waals surface area contributed by atoms with Crippen LogP contribution >= 0.6 is 0 Å². The molecular formula is C15H16O3. The molecule has 3 nitrogen and oxygen atoms in total. The molecule has 1 atom stereocenters. The van der Waals surface area contributed by atoms with E-state index in [9.17, 15) is 0 Å². The smallest absolute Gasteiger partial charge is 0.200 e. The first kappa shape index (κ1) is 11.5. The lowest BCUT2D eigenvalue weighted by Gasteiger charge is -2.26. The van der Waals surface area contributed by atoms with Crippen molar-refractivity contribution in [2.24, 2.45) is 0 Å². The van der Waals surface area contributed by atoms with Crippen molar-refractivity contribution in [3.63, 3.8) is 0 Å². The summed E-state index contributed by atoms with van der Waals surface area (Å²) in [6.07, 6.45) is 1.56. The number of benzene rings is 2. The quantitative estimate of drug-likeness (QED) is 0.901. The van der Waals surface area contributed by atoms with Crippen molar-refractivity contribution >= 4 is 10.8 Å². The minimum absolute atomic E-state index is 0.0322. The van der Waals surface area contributed by atoms with E-state index in [1.165, 1.54) is 16.3 Å². The van der Waals surface area contributed by atoms with Gasteiger partial charge in [0.2, 0.25) is 0 Å². The lowest BCUT2D eigenvalue weighted by atomic mass is 10.0. The average Bonchev–Trinajstić information content (AvgIpc) is 2.42. The van der Waals surface area contributed by atoms with Crippen LogP contribution in [-0.4, -0.2) is 24.6 Å². The molecule has 1 N–H and O–H groups in total. The Hall–Kier alpha value is -1.58. The predicted octanol–water partition coefficient (Wildman–Crippen LogP) is 2.50. The fraction of sp³-hybridized carbons (Fsp3) is 0.333. The third-order valence-electron chi connectivity index (χ3n) is 3.23. The highest BCUT2D eigenvalue weighted by molar-refractivity contribution is 5.85. The van der Waals surface area contributed by atoms with E-state index < -0.39 is 0 Å². The van der Waals surface area contributed by atoms with Gasteiger partial charge in [0.25, 0.3) is 0 Å². The third kappa shape index (κ3) is 2.19. The van der Waals surface area contributed by atoms with Gasteiger partial charge in [0.05, 0.1) is 13.2 Å². The van der Waals surface area contributed by atoms with E-state index in [1.54, 1.807) is 0 Å². The Morgan fingerprint density at radius 1 is 1.22 bits per heavy atom. The van der Waals surface area contributed by atoms with E-state index in [1.807, 2.05) is 12.1 Å². The number of aliphatic hydroxyl groups is 1. The summed E-state index contributed by atoms with van der Waals surface area (Å²) in [5.74, 6) is 0.905. The number of ether oxygens (including phenoxy) is 2. The van der Waals surface area contributed by atoms with E-state index in [0.29, 0.717) is 6.61 Å². The number of aryl methyl sites for hydroxylation is 1. The summed E-state index contributed by atoms with van der Waals surface area (Å²) in [6.45, 7) is 0.359. The molecule has 3 heteroatoms. The van der Waals surface area contributed by atoms with Crippen molar-refractivity contribution < 1.29 is 14.6 Å². The molecule has 1 heterocycles. The zero-order valence-corrected chi connectivity index (χ0v) is 10.1. The maximum Gasteiger partial charge on any atom is 0.200 e. The minimum atomic E-state index is -0.231. The highest BCUT2D eigenvalue weighted by Gasteiger charge is 2.20. The van der Waals surface area contributed by atoms with Crippen LogP contribution < -0.4 is 4.74 Å². The van der Waals surface area contributed by atoms with Crippen LogP contribution in [-0.2, 0) is 11.2 Å². The zero-order chi connectivity index (χ0) is 12.4. The normalized spacial score (nSPS) is 18.4. The first-order valence-corrected chi connectivity index (χ1v) is 6.27. The molecule has 3 rings (SSSR count). The monoisotopic (exact) mass is 244 g/mol. The minimum Gasteiger partial charge on any atom is -0.465 e. The fourth-order valence-electron chi connectivity index (χ4n) is 2.35. The Balaban J connectivity index is 1.88. The van der Waals surface area contributed by atoms with Gasteiger partial charge in [0.15, 0.2) is 6.29 Å². The molecule has 2 aromatic carbocycles. The van der Waals surface area contributed by atoms with E-state index in [4.69, 9.17) is 14.6 Å². The Morgan fingerprint density at radius 3 is 2.78 bits per heavy atom. The molecule has 0 saturated heterocycles. The molecule has 0 amide bonds. The first-order chi connectivity index (χ1) is 8.86. The van der Waals surface area contributed by atoms with Crippen LogP contribution in [0.25, 0.3) is 10.8 Å². The second kappa shape index (κ2) is 4.96. The van der Waals surface area contributed by atoms with Crippen molar-refractivity contribution in [3.05, 3.63) is 42.0 Å². The van der Waals surface area contributed by atoms with Gasteiger partial charge in [-0.1, -0.05) is 24.3 Å². The second-order valence-corrected chi connectivity index (χ2v) is 4.49. The number of rotatable bonds is 3. The van der Waals surface area contributed by atoms with E-state index in [0.717, 1.165) is 18.6 Å². The van der Waals surface area contributed by atoms with Crippen LogP contribution in [0.3, 0.4) is 0 Å². The topological polar surface area (TPSA) is 38.7 Å². The van der Waals surface area contributed by atoms with Crippen LogP contribution in [0.15, 0.2) is 36.4 Å². The molecule has 94 valence electrons. The Kier molecular flexibility index (Phi) is 3.17. The van der Waals surface area contributed by atoms with Gasteiger partial charge >= 0.3 is 0 Å². The SMILES string of the molecule is OCCOC1CCc2cc3ccccc3cc2O1. The van der Waals surface area contributed by atoms with Crippen molar-refractivity contribution in [2.45, 2.75) is 19.1 Å². The lowest BCUT2D eigenvalue weighted by molar-refractivity contribution is -0.0985. The van der Waals surface area contributed by atoms with Crippen LogP contribution in [0, 0.1) is 0 Å². The summed E-state index contributed by atoms with van der Waals surface area (Å²) in [4.78, 5) is 0. The van der Waals surface area contributed by atoms with Gasteiger partial charge in [-0.05, 0) is 34.9 Å². The molecule has 1 aliphatic rings. The fourth-order valence-corrected chi connectivity index (χ4v) is 2.35. The standard InChI is InChI=1S/C15H16O3/c16-7-8-17-15-6-5-13-9-11-3-1-2-4-12(11)10-14(13)18-15/h1-4,9-10,15-16H,5-8H2. The van der Waals surface area contributed by atoms with Gasteiger partial charge in [0.1, 0.15) is 5.75 Å². The van der Waals surface area contributed by atoms with E-state index in [-0.39, 0.29) is 12.9 Å². The Morgan fingerprint density at radius 2 is 2.00 bits per heavy atom. The third-order valence-corrected chi connectivity index (χ3v) is 3.23. The Labute approximate surface area is 106 Å². The van der Waals surface area contributed by atoms with Gasteiger partial charge in [-0.15, -0.1) is 0 Å². The van der Waals surface area contributed by atoms with Crippen LogP contribution in [0.1, 0.15) is 12.0 Å². The maximum atomic E-state index is 8.75. The molecule has 0 aliphatic carbocycles. The average molecular weight is 244 g/mol. The second-order valence-electron chi connectivity index (χ2n) is 4.49. The van der Waals surface area contributed by atoms with Crippen molar-refractivity contribution in [1.29, 1.82) is 0 Å². The van der Waals surface area contributed by atoms with Gasteiger partial charge < -0.3 is 14.6 Å². The van der Waals surface area contributed by atoms with Gasteiger partial charge in [-0.25, -0.2) is 0 Å². The molecule has 18 heavy (non-hydrogen) atoms. The molecular weight excluding hydrogens is 228 g/mol. The van der Waals surface area contributed by atoms with E-state index >= 15 is 0 Å². The molecule has 0 bridgehead atoms. The van der Waals surface area contributed by atoms with Gasteiger partial charge in [-0.3, -0.25) is 0 Å². The van der Waals surface area contributed by atoms with Crippen molar-refractivity contribution in [1.82, 2.24) is 0 Å². The van der Waals surface area contributed by atoms with Crippen molar-refractivity contribution in [3.8, 4) is 5.75 Å². The van der Waals surface area contributed by atoms with Crippen LogP contribution in [0.5, 0.6) is 5.75 Å². The largest absolute Gasteiger partial charge is 0.465 e.